The standard InChI is InChI=1S/C14H8O8.2Ca/c15-11(16)6-3-5-1-2-7(12(17)18)10(14(21)22)9(5)8(4-6)13(19)20;;/h1-4H,(H,15,16)(H,17,18)(H,19,20)(H,21,22);;/q;2*+2/p-4. The molecule has 0 aliphatic rings. The van der Waals surface area contributed by atoms with Gasteiger partial charge in [0.15, 0.2) is 0 Å². The zero-order chi connectivity index (χ0) is 16.6. The van der Waals surface area contributed by atoms with Crippen LogP contribution in [0.25, 0.3) is 10.8 Å². The van der Waals surface area contributed by atoms with E-state index >= 15 is 0 Å². The van der Waals surface area contributed by atoms with E-state index in [-0.39, 0.29) is 80.9 Å². The molecular weight excluding hydrogens is 376 g/mol. The second-order valence-corrected chi connectivity index (χ2v) is 4.26. The molecule has 0 N–H and O–H groups in total. The van der Waals surface area contributed by atoms with Crippen molar-refractivity contribution in [2.24, 2.45) is 0 Å². The summed E-state index contributed by atoms with van der Waals surface area (Å²) in [4.78, 5) is 44.1. The summed E-state index contributed by atoms with van der Waals surface area (Å²) in [6, 6.07) is 3.47. The van der Waals surface area contributed by atoms with Crippen LogP contribution in [0.3, 0.4) is 0 Å². The predicted molar refractivity (Wildman–Crippen MR) is 72.8 cm³/mol. The first-order valence-electron chi connectivity index (χ1n) is 5.70. The zero-order valence-electron chi connectivity index (χ0n) is 12.0. The van der Waals surface area contributed by atoms with Gasteiger partial charge in [0.25, 0.3) is 0 Å². The molecule has 0 bridgehead atoms. The number of fused-ring (bicyclic) bond motifs is 1. The van der Waals surface area contributed by atoms with Crippen molar-refractivity contribution < 1.29 is 39.6 Å². The smallest absolute Gasteiger partial charge is 0.545 e. The average Bonchev–Trinajstić information content (AvgIpc) is 2.43. The number of carboxylic acid groups (broad SMARTS) is 4. The fourth-order valence-electron chi connectivity index (χ4n) is 2.13. The van der Waals surface area contributed by atoms with Gasteiger partial charge < -0.3 is 39.6 Å². The molecule has 2 rings (SSSR count). The molecule has 0 fully saturated rings. The van der Waals surface area contributed by atoms with Crippen molar-refractivity contribution in [2.45, 2.75) is 0 Å². The van der Waals surface area contributed by atoms with Crippen molar-refractivity contribution in [3.63, 3.8) is 0 Å². The summed E-state index contributed by atoms with van der Waals surface area (Å²) in [6.45, 7) is 0. The Hall–Kier alpha value is -0.901. The summed E-state index contributed by atoms with van der Waals surface area (Å²) in [5.74, 6) is -7.38. The minimum atomic E-state index is -1.95. The van der Waals surface area contributed by atoms with Crippen LogP contribution in [0, 0.1) is 0 Å². The van der Waals surface area contributed by atoms with E-state index in [1.165, 1.54) is 0 Å². The molecule has 24 heavy (non-hydrogen) atoms. The second kappa shape index (κ2) is 8.98. The molecular formula is C14H4Ca2O8. The summed E-state index contributed by atoms with van der Waals surface area (Å²) in [7, 11) is 0. The van der Waals surface area contributed by atoms with Gasteiger partial charge in [-0.05, 0) is 23.1 Å². The maximum Gasteiger partial charge on any atom is 2.00 e. The molecule has 0 saturated heterocycles. The molecule has 2 aromatic rings. The Morgan fingerprint density at radius 1 is 0.667 bits per heavy atom. The number of carbonyl (C=O) groups is 4. The molecule has 10 heteroatoms. The Bertz CT molecular complexity index is 859. The monoisotopic (exact) mass is 380 g/mol. The van der Waals surface area contributed by atoms with Crippen molar-refractivity contribution >= 4 is 110 Å². The molecule has 8 nitrogen and oxygen atoms in total. The van der Waals surface area contributed by atoms with Gasteiger partial charge in [0, 0.05) is 22.1 Å². The summed E-state index contributed by atoms with van der Waals surface area (Å²) >= 11 is 0. The number of carboxylic acids is 4. The fraction of sp³-hybridized carbons (Fsp3) is 0. The van der Waals surface area contributed by atoms with E-state index in [1.807, 2.05) is 0 Å². The van der Waals surface area contributed by atoms with Gasteiger partial charge in [-0.1, -0.05) is 12.1 Å². The van der Waals surface area contributed by atoms with Gasteiger partial charge in [0.2, 0.25) is 0 Å². The van der Waals surface area contributed by atoms with Crippen LogP contribution < -0.4 is 20.4 Å². The Balaban J connectivity index is 0.00000264. The molecule has 0 unspecified atom stereocenters. The molecule has 0 saturated carbocycles. The minimum Gasteiger partial charge on any atom is -0.545 e. The first-order valence-corrected chi connectivity index (χ1v) is 5.70. The van der Waals surface area contributed by atoms with E-state index in [2.05, 4.69) is 0 Å². The zero-order valence-corrected chi connectivity index (χ0v) is 16.4. The second-order valence-electron chi connectivity index (χ2n) is 4.26. The molecule has 0 spiro atoms. The van der Waals surface area contributed by atoms with Gasteiger partial charge in [-0.2, -0.15) is 0 Å². The van der Waals surface area contributed by atoms with Crippen LogP contribution in [0.15, 0.2) is 24.3 Å². The summed E-state index contributed by atoms with van der Waals surface area (Å²) in [5, 5.41) is 43.5. The van der Waals surface area contributed by atoms with Gasteiger partial charge in [-0.15, -0.1) is 0 Å². The van der Waals surface area contributed by atoms with Crippen LogP contribution in [0.4, 0.5) is 0 Å². The normalized spacial score (nSPS) is 9.50. The molecule has 2 aromatic carbocycles. The molecule has 0 atom stereocenters. The topological polar surface area (TPSA) is 161 Å². The fourth-order valence-corrected chi connectivity index (χ4v) is 2.13. The van der Waals surface area contributed by atoms with Crippen molar-refractivity contribution in [3.8, 4) is 0 Å². The van der Waals surface area contributed by atoms with Gasteiger partial charge in [-0.3, -0.25) is 0 Å². The third kappa shape index (κ3) is 4.38. The Morgan fingerprint density at radius 2 is 1.21 bits per heavy atom. The van der Waals surface area contributed by atoms with Gasteiger partial charge >= 0.3 is 75.5 Å². The maximum absolute atomic E-state index is 11.2. The molecule has 112 valence electrons. The third-order valence-electron chi connectivity index (χ3n) is 3.00. The van der Waals surface area contributed by atoms with Crippen LogP contribution in [-0.2, 0) is 0 Å². The van der Waals surface area contributed by atoms with Crippen LogP contribution >= 0.6 is 0 Å². The summed E-state index contributed by atoms with van der Waals surface area (Å²) in [6.07, 6.45) is 0. The first kappa shape index (κ1) is 23.1. The number of hydrogen-bond donors (Lipinski definition) is 0. The largest absolute Gasteiger partial charge is 2.00 e. The van der Waals surface area contributed by atoms with Gasteiger partial charge in [-0.25, -0.2) is 0 Å². The van der Waals surface area contributed by atoms with Crippen molar-refractivity contribution in [1.82, 2.24) is 0 Å². The molecule has 0 amide bonds. The predicted octanol–water partition coefficient (Wildman–Crippen LogP) is -4.47. The van der Waals surface area contributed by atoms with Crippen LogP contribution in [-0.4, -0.2) is 99.4 Å². The van der Waals surface area contributed by atoms with Crippen molar-refractivity contribution in [3.05, 3.63) is 46.5 Å². The van der Waals surface area contributed by atoms with E-state index < -0.39 is 51.5 Å². The van der Waals surface area contributed by atoms with Crippen molar-refractivity contribution in [1.29, 1.82) is 0 Å². The number of rotatable bonds is 4. The first-order chi connectivity index (χ1) is 10.2. The summed E-state index contributed by atoms with van der Waals surface area (Å²) < 4.78 is 0. The Labute approximate surface area is 194 Å². The van der Waals surface area contributed by atoms with E-state index in [1.54, 1.807) is 0 Å². The van der Waals surface area contributed by atoms with Crippen LogP contribution in [0.2, 0.25) is 0 Å². The number of aromatic carboxylic acids is 4. The molecule has 0 radical (unpaired) electrons. The third-order valence-corrected chi connectivity index (χ3v) is 3.00. The van der Waals surface area contributed by atoms with Gasteiger partial charge in [0.05, 0.1) is 23.9 Å². The quantitative estimate of drug-likeness (QED) is 0.480. The van der Waals surface area contributed by atoms with E-state index in [0.717, 1.165) is 18.2 Å². The molecule has 0 aromatic heterocycles. The Kier molecular flexibility index (Phi) is 8.64. The maximum atomic E-state index is 11.2. The van der Waals surface area contributed by atoms with E-state index in [0.29, 0.717) is 6.07 Å². The van der Waals surface area contributed by atoms with Crippen LogP contribution in [0.1, 0.15) is 41.4 Å². The molecule has 0 aliphatic carbocycles. The van der Waals surface area contributed by atoms with Crippen molar-refractivity contribution in [2.75, 3.05) is 0 Å². The number of benzene rings is 2. The minimum absolute atomic E-state index is 0. The SMILES string of the molecule is O=C([O-])c1cc(C(=O)[O-])c2c(C(=O)[O-])c(C(=O)[O-])ccc2c1.[Ca+2].[Ca+2]. The molecule has 0 heterocycles. The average molecular weight is 380 g/mol. The number of hydrogen-bond acceptors (Lipinski definition) is 8. The number of carbonyl (C=O) groups excluding carboxylic acids is 4. The van der Waals surface area contributed by atoms with E-state index in [4.69, 9.17) is 0 Å². The van der Waals surface area contributed by atoms with E-state index in [9.17, 15) is 39.6 Å². The van der Waals surface area contributed by atoms with Crippen LogP contribution in [0.5, 0.6) is 0 Å². The Morgan fingerprint density at radius 3 is 1.62 bits per heavy atom. The summed E-state index contributed by atoms with van der Waals surface area (Å²) in [5.41, 5.74) is -3.06. The van der Waals surface area contributed by atoms with Gasteiger partial charge in [0.1, 0.15) is 0 Å². The molecule has 0 aliphatic heterocycles.